The van der Waals surface area contributed by atoms with Crippen molar-refractivity contribution >= 4 is 76.6 Å². The fourth-order valence-corrected chi connectivity index (χ4v) is 6.18. The molecule has 0 unspecified atom stereocenters. The minimum absolute atomic E-state index is 0.969. The van der Waals surface area contributed by atoms with E-state index >= 15 is 0 Å². The molecule has 0 aliphatic carbocycles. The summed E-state index contributed by atoms with van der Waals surface area (Å²) in [5, 5.41) is 5.69. The number of fused-ring (bicyclic) bond motifs is 4. The molecule has 38 heavy (non-hydrogen) atoms. The zero-order valence-corrected chi connectivity index (χ0v) is 20.3. The molecule has 12 rings (SSSR count). The van der Waals surface area contributed by atoms with Gasteiger partial charge in [0.1, 0.15) is 0 Å². The number of rotatable bonds is 0. The molecule has 0 fully saturated rings. The molecule has 8 aromatic heterocycles. The largest absolute Gasteiger partial charge is 0.307 e. The van der Waals surface area contributed by atoms with E-state index in [0.29, 0.717) is 0 Å². The van der Waals surface area contributed by atoms with Gasteiger partial charge < -0.3 is 8.80 Å². The normalized spacial score (nSPS) is 12.2. The Kier molecular flexibility index (Phi) is 3.76. The van der Waals surface area contributed by atoms with Crippen molar-refractivity contribution in [2.75, 3.05) is 0 Å². The molecule has 0 aliphatic rings. The van der Waals surface area contributed by atoms with Crippen molar-refractivity contribution in [3.05, 3.63) is 121 Å². The standard InChI is InChI=1S/C34H20N4/c1-3-10-30-25(6-1)27-20-35-32-26-7-2-4-11-31(26)38-24-18-14-22(15-19-24)29-9-5-8-28(36-29)21-12-16-23(17-13-21)37(30)33(27)34(32)38/h1-20H. The second kappa shape index (κ2) is 7.17. The van der Waals surface area contributed by atoms with E-state index in [2.05, 4.69) is 124 Å². The average Bonchev–Trinajstić information content (AvgIpc) is 3.50. The molecule has 0 saturated carbocycles. The highest BCUT2D eigenvalue weighted by Gasteiger charge is 2.18. The fraction of sp³-hybridized carbons (Fsp3) is 0. The maximum Gasteiger partial charge on any atom is 0.0985 e. The summed E-state index contributed by atoms with van der Waals surface area (Å²) in [4.78, 5) is 10.1. The van der Waals surface area contributed by atoms with E-state index in [4.69, 9.17) is 9.97 Å². The molecule has 0 N–H and O–H groups in total. The molecule has 0 spiro atoms. The lowest BCUT2D eigenvalue weighted by atomic mass is 10.2. The number of benzene rings is 4. The number of hydrogen-bond donors (Lipinski definition) is 0. The first-order valence-corrected chi connectivity index (χ1v) is 12.9. The summed E-state index contributed by atoms with van der Waals surface area (Å²) >= 11 is 0. The van der Waals surface area contributed by atoms with Crippen molar-refractivity contribution < 1.29 is 0 Å². The number of para-hydroxylation sites is 2. The molecule has 0 atom stereocenters. The highest BCUT2D eigenvalue weighted by Crippen LogP contribution is 2.37. The van der Waals surface area contributed by atoms with Gasteiger partial charge in [0, 0.05) is 44.2 Å². The van der Waals surface area contributed by atoms with Gasteiger partial charge in [-0.15, -0.1) is 0 Å². The molecule has 0 aliphatic heterocycles. The van der Waals surface area contributed by atoms with E-state index in [9.17, 15) is 0 Å². The van der Waals surface area contributed by atoms with Crippen molar-refractivity contribution in [3.63, 3.8) is 0 Å². The Labute approximate surface area is 216 Å². The van der Waals surface area contributed by atoms with Crippen molar-refractivity contribution in [3.8, 4) is 0 Å². The van der Waals surface area contributed by atoms with Crippen LogP contribution in [0.25, 0.3) is 76.6 Å². The molecule has 176 valence electrons. The lowest BCUT2D eigenvalue weighted by Crippen LogP contribution is -1.90. The van der Waals surface area contributed by atoms with E-state index in [1.807, 2.05) is 6.20 Å². The molecule has 0 amide bonds. The van der Waals surface area contributed by atoms with Crippen molar-refractivity contribution in [2.24, 2.45) is 0 Å². The van der Waals surface area contributed by atoms with Crippen LogP contribution >= 0.6 is 0 Å². The second-order valence-electron chi connectivity index (χ2n) is 9.92. The van der Waals surface area contributed by atoms with Gasteiger partial charge in [0.2, 0.25) is 0 Å². The number of aromatic nitrogens is 4. The van der Waals surface area contributed by atoms with Gasteiger partial charge in [0.25, 0.3) is 0 Å². The van der Waals surface area contributed by atoms with Crippen LogP contribution in [0, 0.1) is 0 Å². The molecule has 4 nitrogen and oxygen atoms in total. The monoisotopic (exact) mass is 484 g/mol. The first kappa shape index (κ1) is 19.9. The highest BCUT2D eigenvalue weighted by molar-refractivity contribution is 6.22. The lowest BCUT2D eigenvalue weighted by Gasteiger charge is -2.04. The van der Waals surface area contributed by atoms with Crippen LogP contribution in [0.3, 0.4) is 0 Å². The third-order valence-electron chi connectivity index (χ3n) is 7.90. The summed E-state index contributed by atoms with van der Waals surface area (Å²) in [6.07, 6.45) is 2.05. The molecular formula is C34H20N4. The molecule has 0 radical (unpaired) electrons. The van der Waals surface area contributed by atoms with E-state index in [1.54, 1.807) is 0 Å². The van der Waals surface area contributed by atoms with Gasteiger partial charge in [0.15, 0.2) is 0 Å². The van der Waals surface area contributed by atoms with Gasteiger partial charge in [-0.1, -0.05) is 66.7 Å². The quantitative estimate of drug-likeness (QED) is 0.216. The van der Waals surface area contributed by atoms with Crippen molar-refractivity contribution in [1.82, 2.24) is 18.8 Å². The Hall–Kier alpha value is -5.22. The third-order valence-corrected chi connectivity index (χ3v) is 7.90. The van der Waals surface area contributed by atoms with E-state index < -0.39 is 0 Å². The predicted molar refractivity (Wildman–Crippen MR) is 158 cm³/mol. The molecule has 0 saturated heterocycles. The van der Waals surface area contributed by atoms with E-state index in [1.165, 1.54) is 10.9 Å². The summed E-state index contributed by atoms with van der Waals surface area (Å²) in [5.74, 6) is 0. The van der Waals surface area contributed by atoms with Crippen LogP contribution in [-0.4, -0.2) is 18.8 Å². The van der Waals surface area contributed by atoms with Gasteiger partial charge in [-0.05, 0) is 48.5 Å². The van der Waals surface area contributed by atoms with Gasteiger partial charge in [-0.2, -0.15) is 0 Å². The zero-order chi connectivity index (χ0) is 24.8. The Morgan fingerprint density at radius 2 is 1.00 bits per heavy atom. The zero-order valence-electron chi connectivity index (χ0n) is 20.3. The molecule has 4 heteroatoms. The Bertz CT molecular complexity index is 2250. The third kappa shape index (κ3) is 2.53. The second-order valence-corrected chi connectivity index (χ2v) is 9.92. The summed E-state index contributed by atoms with van der Waals surface area (Å²) in [6, 6.07) is 41.0. The van der Waals surface area contributed by atoms with E-state index in [-0.39, 0.29) is 0 Å². The Morgan fingerprint density at radius 1 is 0.447 bits per heavy atom. The topological polar surface area (TPSA) is 34.6 Å². The van der Waals surface area contributed by atoms with Crippen LogP contribution in [0.15, 0.2) is 121 Å². The van der Waals surface area contributed by atoms with Crippen molar-refractivity contribution in [2.45, 2.75) is 0 Å². The van der Waals surface area contributed by atoms with Crippen molar-refractivity contribution in [1.29, 1.82) is 0 Å². The van der Waals surface area contributed by atoms with Crippen LogP contribution < -0.4 is 0 Å². The molecule has 8 heterocycles. The Balaban J connectivity index is 1.70. The summed E-state index contributed by atoms with van der Waals surface area (Å²) in [5.41, 5.74) is 9.76. The summed E-state index contributed by atoms with van der Waals surface area (Å²) < 4.78 is 4.77. The summed E-state index contributed by atoms with van der Waals surface area (Å²) in [6.45, 7) is 0. The van der Waals surface area contributed by atoms with Crippen LogP contribution in [-0.2, 0) is 0 Å². The van der Waals surface area contributed by atoms with E-state index in [0.717, 1.165) is 65.7 Å². The highest BCUT2D eigenvalue weighted by atomic mass is 15.0. The molecule has 12 aromatic rings. The van der Waals surface area contributed by atoms with Crippen LogP contribution in [0.4, 0.5) is 0 Å². The number of nitrogens with zero attached hydrogens (tertiary/aromatic N) is 4. The van der Waals surface area contributed by atoms with Crippen LogP contribution in [0.1, 0.15) is 0 Å². The lowest BCUT2D eigenvalue weighted by molar-refractivity contribution is 1.29. The number of pyridine rings is 2. The predicted octanol–water partition coefficient (Wildman–Crippen LogP) is 8.46. The molecule has 4 aromatic carbocycles. The Morgan fingerprint density at radius 3 is 1.66 bits per heavy atom. The first-order valence-electron chi connectivity index (χ1n) is 12.9. The van der Waals surface area contributed by atoms with Gasteiger partial charge in [0.05, 0.1) is 38.6 Å². The minimum Gasteiger partial charge on any atom is -0.307 e. The summed E-state index contributed by atoms with van der Waals surface area (Å²) in [7, 11) is 0. The number of hydrogen-bond acceptors (Lipinski definition) is 2. The van der Waals surface area contributed by atoms with Gasteiger partial charge in [-0.3, -0.25) is 4.98 Å². The maximum absolute atomic E-state index is 5.07. The smallest absolute Gasteiger partial charge is 0.0985 e. The first-order chi connectivity index (χ1) is 18.8. The molecule has 6 bridgehead atoms. The fourth-order valence-electron chi connectivity index (χ4n) is 6.18. The maximum atomic E-state index is 5.07. The van der Waals surface area contributed by atoms with Gasteiger partial charge in [-0.25, -0.2) is 4.98 Å². The minimum atomic E-state index is 0.969. The average molecular weight is 485 g/mol. The van der Waals surface area contributed by atoms with Crippen LogP contribution in [0.5, 0.6) is 0 Å². The SMILES string of the molecule is c1cc2nc(c1)c1ccc(cc1)n1c3ccccc3c3ncc4c5ccccc5n(c5ccc2cc5)c4c31. The van der Waals surface area contributed by atoms with Crippen LogP contribution in [0.2, 0.25) is 0 Å². The molecular weight excluding hydrogens is 464 g/mol. The van der Waals surface area contributed by atoms with Gasteiger partial charge >= 0.3 is 0 Å².